The number of halogens is 1. The van der Waals surface area contributed by atoms with Gasteiger partial charge in [-0.1, -0.05) is 17.7 Å². The highest BCUT2D eigenvalue weighted by atomic mass is 35.5. The smallest absolute Gasteiger partial charge is 0.356 e. The second-order valence-electron chi connectivity index (χ2n) is 8.55. The molecule has 2 aromatic carbocycles. The molecule has 5 aromatic rings. The van der Waals surface area contributed by atoms with Crippen molar-refractivity contribution < 1.29 is 9.90 Å². The van der Waals surface area contributed by atoms with Gasteiger partial charge in [-0.05, 0) is 72.3 Å². The van der Waals surface area contributed by atoms with E-state index in [0.29, 0.717) is 22.4 Å². The van der Waals surface area contributed by atoms with Crippen molar-refractivity contribution in [2.45, 2.75) is 19.9 Å². The minimum Gasteiger partial charge on any atom is -0.476 e. The van der Waals surface area contributed by atoms with Gasteiger partial charge in [-0.2, -0.15) is 0 Å². The maximum Gasteiger partial charge on any atom is 0.356 e. The van der Waals surface area contributed by atoms with Gasteiger partial charge >= 0.3 is 5.97 Å². The Hall–Kier alpha value is -4.64. The first-order valence-electron chi connectivity index (χ1n) is 11.2. The van der Waals surface area contributed by atoms with Crippen LogP contribution in [0.15, 0.2) is 59.7 Å². The summed E-state index contributed by atoms with van der Waals surface area (Å²) >= 11 is 5.90. The molecule has 0 aliphatic carbocycles. The van der Waals surface area contributed by atoms with Crippen molar-refractivity contribution in [1.82, 2.24) is 34.7 Å². The van der Waals surface area contributed by atoms with Crippen LogP contribution in [-0.4, -0.2) is 45.8 Å². The number of tetrazole rings is 1. The first kappa shape index (κ1) is 24.1. The molecule has 3 heterocycles. The van der Waals surface area contributed by atoms with E-state index in [4.69, 9.17) is 16.6 Å². The van der Waals surface area contributed by atoms with E-state index in [1.165, 1.54) is 21.6 Å². The van der Waals surface area contributed by atoms with Crippen molar-refractivity contribution in [3.05, 3.63) is 87.2 Å². The molecule has 0 bridgehead atoms. The molecule has 1 atom stereocenters. The Kier molecular flexibility index (Phi) is 6.14. The lowest BCUT2D eigenvalue weighted by atomic mass is 10.0. The van der Waals surface area contributed by atoms with Gasteiger partial charge < -0.3 is 10.4 Å². The summed E-state index contributed by atoms with van der Waals surface area (Å²) in [6, 6.07) is 13.8. The Morgan fingerprint density at radius 3 is 2.54 bits per heavy atom. The summed E-state index contributed by atoms with van der Waals surface area (Å²) in [7, 11) is 1.68. The van der Waals surface area contributed by atoms with Crippen LogP contribution in [0.2, 0.25) is 5.15 Å². The van der Waals surface area contributed by atoms with E-state index in [0.717, 1.165) is 22.4 Å². The second kappa shape index (κ2) is 9.43. The zero-order valence-corrected chi connectivity index (χ0v) is 20.8. The van der Waals surface area contributed by atoms with Crippen molar-refractivity contribution in [3.8, 4) is 17.1 Å². The predicted molar refractivity (Wildman–Crippen MR) is 138 cm³/mol. The van der Waals surface area contributed by atoms with Crippen molar-refractivity contribution in [3.63, 3.8) is 0 Å². The molecule has 0 fully saturated rings. The first-order valence-corrected chi connectivity index (χ1v) is 11.6. The van der Waals surface area contributed by atoms with Crippen molar-refractivity contribution in [2.75, 3.05) is 5.32 Å². The average molecular weight is 517 g/mol. The number of hydrogen-bond donors (Lipinski definition) is 2. The molecule has 186 valence electrons. The summed E-state index contributed by atoms with van der Waals surface area (Å²) in [5.41, 5.74) is 3.56. The van der Waals surface area contributed by atoms with Gasteiger partial charge in [0.2, 0.25) is 0 Å². The van der Waals surface area contributed by atoms with E-state index in [2.05, 4.69) is 25.8 Å². The van der Waals surface area contributed by atoms with Gasteiger partial charge in [-0.3, -0.25) is 9.36 Å². The van der Waals surface area contributed by atoms with E-state index in [1.54, 1.807) is 19.2 Å². The van der Waals surface area contributed by atoms with Gasteiger partial charge in [0.1, 0.15) is 17.3 Å². The fraction of sp³-hybridized carbons (Fsp3) is 0.160. The molecular weight excluding hydrogens is 496 g/mol. The molecule has 0 aliphatic heterocycles. The molecule has 37 heavy (non-hydrogen) atoms. The SMILES string of the molecule is Cc1cc([C@@H](C)Nc2ccc(Cl)nc2C(=O)O)c2nc(-c3ccc(-n4cnnn4)cc3)n(C)c(=O)c2c1. The molecule has 0 amide bonds. The molecule has 0 radical (unpaired) electrons. The standard InChI is InChI=1S/C25H21ClN8O3/c1-13-10-17(14(2)28-19-8-9-20(26)29-22(19)25(36)37)21-18(11-13)24(35)33(3)23(30-21)15-4-6-16(7-5-15)34-12-27-31-32-34/h4-12,14,28H,1-3H3,(H,36,37)/t14-/m1/s1. The fourth-order valence-electron chi connectivity index (χ4n) is 4.21. The number of fused-ring (bicyclic) bond motifs is 1. The number of rotatable bonds is 6. The topological polar surface area (TPSA) is 141 Å². The van der Waals surface area contributed by atoms with Gasteiger partial charge in [0.25, 0.3) is 5.56 Å². The highest BCUT2D eigenvalue weighted by Crippen LogP contribution is 2.29. The maximum absolute atomic E-state index is 13.4. The number of anilines is 1. The van der Waals surface area contributed by atoms with Crippen LogP contribution in [0.3, 0.4) is 0 Å². The van der Waals surface area contributed by atoms with Gasteiger partial charge in [0.15, 0.2) is 5.69 Å². The summed E-state index contributed by atoms with van der Waals surface area (Å²) in [5, 5.41) is 24.5. The molecule has 2 N–H and O–H groups in total. The normalized spacial score (nSPS) is 12.0. The Morgan fingerprint density at radius 2 is 1.86 bits per heavy atom. The van der Waals surface area contributed by atoms with Crippen molar-refractivity contribution >= 4 is 34.2 Å². The molecule has 0 saturated heterocycles. The quantitative estimate of drug-likeness (QED) is 0.322. The molecule has 12 heteroatoms. The summed E-state index contributed by atoms with van der Waals surface area (Å²) in [6.07, 6.45) is 1.49. The number of aromatic carboxylic acids is 1. The van der Waals surface area contributed by atoms with Crippen LogP contribution in [0.5, 0.6) is 0 Å². The van der Waals surface area contributed by atoms with Crippen molar-refractivity contribution in [2.24, 2.45) is 7.05 Å². The molecule has 0 saturated carbocycles. The molecule has 3 aromatic heterocycles. The number of aryl methyl sites for hydroxylation is 1. The number of hydrogen-bond acceptors (Lipinski definition) is 8. The van der Waals surface area contributed by atoms with E-state index < -0.39 is 12.0 Å². The van der Waals surface area contributed by atoms with Gasteiger partial charge in [-0.25, -0.2) is 19.4 Å². The van der Waals surface area contributed by atoms with Gasteiger partial charge in [0, 0.05) is 18.2 Å². The van der Waals surface area contributed by atoms with Crippen LogP contribution in [0.4, 0.5) is 5.69 Å². The molecule has 0 spiro atoms. The lowest BCUT2D eigenvalue weighted by Crippen LogP contribution is -2.22. The number of carboxylic acid groups (broad SMARTS) is 1. The lowest BCUT2D eigenvalue weighted by Gasteiger charge is -2.20. The van der Waals surface area contributed by atoms with E-state index in [-0.39, 0.29) is 16.4 Å². The summed E-state index contributed by atoms with van der Waals surface area (Å²) < 4.78 is 3.04. The largest absolute Gasteiger partial charge is 0.476 e. The number of pyridine rings is 1. The Balaban J connectivity index is 1.61. The maximum atomic E-state index is 13.4. The van der Waals surface area contributed by atoms with Crippen LogP contribution in [0.25, 0.3) is 28.0 Å². The minimum absolute atomic E-state index is 0.0810. The third kappa shape index (κ3) is 4.52. The number of carboxylic acids is 1. The number of benzene rings is 2. The third-order valence-electron chi connectivity index (χ3n) is 6.00. The van der Waals surface area contributed by atoms with Crippen molar-refractivity contribution in [1.29, 1.82) is 0 Å². The highest BCUT2D eigenvalue weighted by Gasteiger charge is 2.20. The lowest BCUT2D eigenvalue weighted by molar-refractivity contribution is 0.0691. The Morgan fingerprint density at radius 1 is 1.11 bits per heavy atom. The fourth-order valence-corrected chi connectivity index (χ4v) is 4.36. The van der Waals surface area contributed by atoms with Crippen LogP contribution >= 0.6 is 11.6 Å². The summed E-state index contributed by atoms with van der Waals surface area (Å²) in [6.45, 7) is 3.77. The zero-order chi connectivity index (χ0) is 26.3. The number of aromatic nitrogens is 7. The molecule has 11 nitrogen and oxygen atoms in total. The number of nitrogens with one attached hydrogen (secondary N) is 1. The van der Waals surface area contributed by atoms with Crippen LogP contribution < -0.4 is 10.9 Å². The molecule has 0 aliphatic rings. The predicted octanol–water partition coefficient (Wildman–Crippen LogP) is 3.80. The van der Waals surface area contributed by atoms with E-state index in [1.807, 2.05) is 44.2 Å². The molecule has 5 rings (SSSR count). The number of carbonyl (C=O) groups is 1. The third-order valence-corrected chi connectivity index (χ3v) is 6.21. The van der Waals surface area contributed by atoms with Gasteiger partial charge in [0.05, 0.1) is 28.3 Å². The van der Waals surface area contributed by atoms with Crippen LogP contribution in [0, 0.1) is 6.92 Å². The summed E-state index contributed by atoms with van der Waals surface area (Å²) in [5.74, 6) is -0.719. The second-order valence-corrected chi connectivity index (χ2v) is 8.94. The van der Waals surface area contributed by atoms with E-state index in [9.17, 15) is 14.7 Å². The van der Waals surface area contributed by atoms with E-state index >= 15 is 0 Å². The van der Waals surface area contributed by atoms with Crippen LogP contribution in [0.1, 0.15) is 34.6 Å². The molecule has 0 unspecified atom stereocenters. The summed E-state index contributed by atoms with van der Waals surface area (Å²) in [4.78, 5) is 33.9. The Labute approximate surface area is 215 Å². The highest BCUT2D eigenvalue weighted by molar-refractivity contribution is 6.29. The monoisotopic (exact) mass is 516 g/mol. The first-order chi connectivity index (χ1) is 17.7. The Bertz CT molecular complexity index is 1700. The van der Waals surface area contributed by atoms with Crippen LogP contribution in [-0.2, 0) is 7.05 Å². The molecular formula is C25H21ClN8O3. The average Bonchev–Trinajstić information content (AvgIpc) is 3.42. The van der Waals surface area contributed by atoms with Gasteiger partial charge in [-0.15, -0.1) is 5.10 Å². The number of nitrogens with zero attached hydrogens (tertiary/aromatic N) is 7. The zero-order valence-electron chi connectivity index (χ0n) is 20.0. The minimum atomic E-state index is -1.20.